The number of unbranched alkanes of at least 4 members (excludes halogenated alkanes) is 47. The van der Waals surface area contributed by atoms with Gasteiger partial charge in [0, 0.05) is 12.8 Å². The average Bonchev–Trinajstić information content (AvgIpc) is 3.37. The normalized spacial score (nSPS) is 12.6. The molecule has 0 bridgehead atoms. The second-order valence-electron chi connectivity index (χ2n) is 23.8. The number of rotatable bonds is 62. The zero-order valence-corrected chi connectivity index (χ0v) is 50.3. The summed E-state index contributed by atoms with van der Waals surface area (Å²) in [6, 6.07) is 0. The van der Waals surface area contributed by atoms with E-state index in [1.807, 2.05) is 21.1 Å². The molecule has 0 rings (SSSR count). The summed E-state index contributed by atoms with van der Waals surface area (Å²) in [6.07, 6.45) is 63.2. The topological polar surface area (TPSA) is 111 Å². The lowest BCUT2D eigenvalue weighted by atomic mass is 10.0. The van der Waals surface area contributed by atoms with Crippen molar-refractivity contribution < 1.29 is 42.9 Å². The number of carbonyl (C=O) groups excluding carboxylic acids is 3. The van der Waals surface area contributed by atoms with Gasteiger partial charge in [-0.1, -0.05) is 316 Å². The first-order valence-electron chi connectivity index (χ1n) is 32.7. The van der Waals surface area contributed by atoms with Crippen molar-refractivity contribution in [2.24, 2.45) is 0 Å². The van der Waals surface area contributed by atoms with Crippen LogP contribution in [-0.2, 0) is 33.3 Å². The van der Waals surface area contributed by atoms with Crippen molar-refractivity contribution in [1.29, 1.82) is 0 Å². The van der Waals surface area contributed by atoms with Gasteiger partial charge in [0.25, 0.3) is 0 Å². The summed E-state index contributed by atoms with van der Waals surface area (Å²) in [4.78, 5) is 37.4. The summed E-state index contributed by atoms with van der Waals surface area (Å²) in [5, 5.41) is 11.8. The van der Waals surface area contributed by atoms with Crippen LogP contribution in [0.1, 0.15) is 341 Å². The van der Waals surface area contributed by atoms with Crippen molar-refractivity contribution in [2.75, 3.05) is 47.5 Å². The van der Waals surface area contributed by atoms with E-state index in [0.717, 1.165) is 38.5 Å². The molecule has 0 amide bonds. The van der Waals surface area contributed by atoms with Gasteiger partial charge in [0.15, 0.2) is 12.4 Å². The Labute approximate surface area is 460 Å². The first-order chi connectivity index (χ1) is 36.1. The summed E-state index contributed by atoms with van der Waals surface area (Å²) in [5.74, 6) is -2.25. The molecule has 0 aliphatic rings. The van der Waals surface area contributed by atoms with Crippen LogP contribution < -0.4 is 5.11 Å². The highest BCUT2D eigenvalue weighted by Gasteiger charge is 2.22. The number of hydrogen-bond donors (Lipinski definition) is 0. The maximum Gasteiger partial charge on any atom is 0.306 e. The molecule has 0 aliphatic carbocycles. The number of carboxylic acid groups (broad SMARTS) is 1. The molecule has 0 heterocycles. The fraction of sp³-hybridized carbons (Fsp3) is 0.954. The number of carbonyl (C=O) groups is 3. The van der Waals surface area contributed by atoms with Crippen molar-refractivity contribution in [3.8, 4) is 0 Å². The fourth-order valence-corrected chi connectivity index (χ4v) is 10.1. The third kappa shape index (κ3) is 58.0. The van der Waals surface area contributed by atoms with Gasteiger partial charge in [-0.25, -0.2) is 0 Å². The van der Waals surface area contributed by atoms with Crippen molar-refractivity contribution in [2.45, 2.75) is 354 Å². The number of ether oxygens (including phenoxy) is 4. The van der Waals surface area contributed by atoms with E-state index >= 15 is 0 Å². The molecule has 0 radical (unpaired) electrons. The molecular weight excluding hydrogens is 923 g/mol. The van der Waals surface area contributed by atoms with Crippen molar-refractivity contribution >= 4 is 17.9 Å². The number of nitrogens with zero attached hydrogens (tertiary/aromatic N) is 1. The summed E-state index contributed by atoms with van der Waals surface area (Å²) in [7, 11) is 5.94. The van der Waals surface area contributed by atoms with Crippen LogP contribution in [0.4, 0.5) is 0 Å². The highest BCUT2D eigenvalue weighted by atomic mass is 16.7. The second-order valence-corrected chi connectivity index (χ2v) is 23.8. The molecule has 440 valence electrons. The Bertz CT molecular complexity index is 1180. The monoisotopic (exact) mass is 1050 g/mol. The number of quaternary nitrogens is 1. The zero-order chi connectivity index (χ0) is 54.1. The maximum absolute atomic E-state index is 12.9. The lowest BCUT2D eigenvalue weighted by Gasteiger charge is -2.26. The largest absolute Gasteiger partial charge is 0.545 e. The molecule has 0 saturated heterocycles. The highest BCUT2D eigenvalue weighted by Crippen LogP contribution is 2.19. The van der Waals surface area contributed by atoms with E-state index in [1.54, 1.807) is 0 Å². The smallest absolute Gasteiger partial charge is 0.306 e. The molecule has 74 heavy (non-hydrogen) atoms. The maximum atomic E-state index is 12.9. The molecular formula is C65H127NO8. The highest BCUT2D eigenvalue weighted by molar-refractivity contribution is 5.70. The van der Waals surface area contributed by atoms with Crippen LogP contribution in [0, 0.1) is 0 Å². The van der Waals surface area contributed by atoms with Gasteiger partial charge < -0.3 is 33.3 Å². The summed E-state index contributed by atoms with van der Waals surface area (Å²) < 4.78 is 22.8. The van der Waals surface area contributed by atoms with Crippen LogP contribution in [-0.4, -0.2) is 82.3 Å². The van der Waals surface area contributed by atoms with Gasteiger partial charge in [-0.2, -0.15) is 0 Å². The third-order valence-electron chi connectivity index (χ3n) is 15.1. The predicted octanol–water partition coefficient (Wildman–Crippen LogP) is 18.2. The van der Waals surface area contributed by atoms with Crippen LogP contribution >= 0.6 is 0 Å². The number of hydrogen-bond acceptors (Lipinski definition) is 8. The standard InChI is InChI=1S/C65H127NO8/c1-6-8-10-12-14-16-18-20-22-24-26-28-29-30-31-32-33-34-35-36-38-40-42-44-46-48-50-52-54-56-63(68)74-61(60-73-65(64(69)70)71-58-57-66(3,4)5)59-72-62(67)55-53-51-49-47-45-43-41-39-37-27-25-23-21-19-17-15-13-11-9-7-2/h61,65H,6-60H2,1-5H3. The lowest BCUT2D eigenvalue weighted by Crippen LogP contribution is -2.44. The summed E-state index contributed by atoms with van der Waals surface area (Å²) >= 11 is 0. The molecule has 9 heteroatoms. The molecule has 0 spiro atoms. The SMILES string of the molecule is CCCCCCCCCCCCCCCCCCCCCCCCCCCCCCCC(=O)OC(COC(=O)CCCCCCCCCCCCCCCCCCCCCC)COC(OCC[N+](C)(C)C)C(=O)[O-]. The van der Waals surface area contributed by atoms with E-state index in [1.165, 1.54) is 276 Å². The quantitative estimate of drug-likeness (QED) is 0.0256. The van der Waals surface area contributed by atoms with Gasteiger partial charge in [-0.15, -0.1) is 0 Å². The molecule has 0 N–H and O–H groups in total. The first-order valence-corrected chi connectivity index (χ1v) is 32.7. The Hall–Kier alpha value is -1.71. The minimum Gasteiger partial charge on any atom is -0.545 e. The zero-order valence-electron chi connectivity index (χ0n) is 50.3. The number of aliphatic carboxylic acids is 1. The van der Waals surface area contributed by atoms with E-state index < -0.39 is 24.3 Å². The Balaban J connectivity index is 4.08. The summed E-state index contributed by atoms with van der Waals surface area (Å²) in [6.45, 7) is 4.83. The number of carboxylic acids is 1. The Morgan fingerprint density at radius 1 is 0.351 bits per heavy atom. The van der Waals surface area contributed by atoms with E-state index in [4.69, 9.17) is 18.9 Å². The third-order valence-corrected chi connectivity index (χ3v) is 15.1. The van der Waals surface area contributed by atoms with Gasteiger partial charge in [0.05, 0.1) is 40.3 Å². The first kappa shape index (κ1) is 72.3. The van der Waals surface area contributed by atoms with Crippen LogP contribution in [0.2, 0.25) is 0 Å². The van der Waals surface area contributed by atoms with E-state index in [-0.39, 0.29) is 32.2 Å². The number of esters is 2. The minimum absolute atomic E-state index is 0.154. The molecule has 9 nitrogen and oxygen atoms in total. The molecule has 0 fully saturated rings. The van der Waals surface area contributed by atoms with Crippen LogP contribution in [0.5, 0.6) is 0 Å². The molecule has 0 aromatic heterocycles. The summed E-state index contributed by atoms with van der Waals surface area (Å²) in [5.41, 5.74) is 0. The fourth-order valence-electron chi connectivity index (χ4n) is 10.1. The molecule has 0 saturated carbocycles. The average molecular weight is 1050 g/mol. The van der Waals surface area contributed by atoms with E-state index in [9.17, 15) is 19.5 Å². The molecule has 0 aliphatic heterocycles. The van der Waals surface area contributed by atoms with Gasteiger partial charge in [-0.3, -0.25) is 9.59 Å². The second kappa shape index (κ2) is 57.5. The molecule has 2 unspecified atom stereocenters. The van der Waals surface area contributed by atoms with E-state index in [0.29, 0.717) is 17.4 Å². The minimum atomic E-state index is -1.61. The predicted molar refractivity (Wildman–Crippen MR) is 311 cm³/mol. The van der Waals surface area contributed by atoms with Gasteiger partial charge in [-0.05, 0) is 12.8 Å². The van der Waals surface area contributed by atoms with Crippen LogP contribution in [0.3, 0.4) is 0 Å². The Morgan fingerprint density at radius 2 is 0.608 bits per heavy atom. The van der Waals surface area contributed by atoms with E-state index in [2.05, 4.69) is 13.8 Å². The number of likely N-dealkylation sites (N-methyl/N-ethyl adjacent to an activating group) is 1. The van der Waals surface area contributed by atoms with Crippen molar-refractivity contribution in [3.05, 3.63) is 0 Å². The van der Waals surface area contributed by atoms with Crippen LogP contribution in [0.15, 0.2) is 0 Å². The molecule has 0 aromatic carbocycles. The Morgan fingerprint density at radius 3 is 0.865 bits per heavy atom. The van der Waals surface area contributed by atoms with Crippen LogP contribution in [0.25, 0.3) is 0 Å². The van der Waals surface area contributed by atoms with Gasteiger partial charge in [0.2, 0.25) is 0 Å². The van der Waals surface area contributed by atoms with Crippen molar-refractivity contribution in [1.82, 2.24) is 0 Å². The van der Waals surface area contributed by atoms with Crippen molar-refractivity contribution in [3.63, 3.8) is 0 Å². The molecule has 0 aromatic rings. The molecule has 2 atom stereocenters. The Kier molecular flexibility index (Phi) is 56.1. The lowest BCUT2D eigenvalue weighted by molar-refractivity contribution is -0.870. The van der Waals surface area contributed by atoms with Gasteiger partial charge in [0.1, 0.15) is 13.2 Å². The van der Waals surface area contributed by atoms with Gasteiger partial charge >= 0.3 is 11.9 Å².